The Bertz CT molecular complexity index is 432. The second-order valence-electron chi connectivity index (χ2n) is 4.35. The minimum atomic E-state index is -4.45. The number of halogens is 3. The van der Waals surface area contributed by atoms with Crippen molar-refractivity contribution in [1.82, 2.24) is 9.78 Å². The van der Waals surface area contributed by atoms with Crippen molar-refractivity contribution in [2.24, 2.45) is 0 Å². The van der Waals surface area contributed by atoms with Gasteiger partial charge in [0.05, 0.1) is 6.20 Å². The lowest BCUT2D eigenvalue weighted by Gasteiger charge is -2.15. The Morgan fingerprint density at radius 2 is 2.25 bits per heavy atom. The summed E-state index contributed by atoms with van der Waals surface area (Å²) in [6.45, 7) is 2.48. The van der Waals surface area contributed by atoms with Crippen molar-refractivity contribution in [3.8, 4) is 0 Å². The van der Waals surface area contributed by atoms with Gasteiger partial charge < -0.3 is 10.1 Å². The van der Waals surface area contributed by atoms with Crippen LogP contribution in [0, 0.1) is 0 Å². The van der Waals surface area contributed by atoms with Crippen LogP contribution in [0.1, 0.15) is 26.7 Å². The van der Waals surface area contributed by atoms with Crippen LogP contribution in [-0.4, -0.2) is 34.6 Å². The molecule has 1 aromatic heterocycles. The number of aryl methyl sites for hydroxylation is 1. The molecule has 1 heterocycles. The van der Waals surface area contributed by atoms with E-state index in [4.69, 9.17) is 0 Å². The smallest absolute Gasteiger partial charge is 0.359 e. The Morgan fingerprint density at radius 1 is 1.55 bits per heavy atom. The third kappa shape index (κ3) is 5.60. The van der Waals surface area contributed by atoms with Crippen molar-refractivity contribution in [2.45, 2.75) is 45.5 Å². The first-order valence-corrected chi connectivity index (χ1v) is 6.34. The number of hydrogen-bond acceptors (Lipinski definition) is 3. The van der Waals surface area contributed by atoms with Crippen LogP contribution in [-0.2, 0) is 16.1 Å². The third-order valence-electron chi connectivity index (χ3n) is 2.56. The topological polar surface area (TPSA) is 56.2 Å². The van der Waals surface area contributed by atoms with Crippen LogP contribution in [0.4, 0.5) is 19.0 Å². The third-order valence-corrected chi connectivity index (χ3v) is 2.56. The summed E-state index contributed by atoms with van der Waals surface area (Å²) >= 11 is 0. The molecule has 0 aliphatic heterocycles. The van der Waals surface area contributed by atoms with Crippen molar-refractivity contribution < 1.29 is 22.7 Å². The highest BCUT2D eigenvalue weighted by Gasteiger charge is 2.30. The van der Waals surface area contributed by atoms with Crippen molar-refractivity contribution in [3.05, 3.63) is 12.3 Å². The minimum absolute atomic E-state index is 0.450. The Morgan fingerprint density at radius 3 is 2.85 bits per heavy atom. The van der Waals surface area contributed by atoms with E-state index in [2.05, 4.69) is 15.2 Å². The largest absolute Gasteiger partial charge is 0.411 e. The maximum atomic E-state index is 12.0. The van der Waals surface area contributed by atoms with E-state index in [1.807, 2.05) is 6.92 Å². The van der Waals surface area contributed by atoms with Crippen molar-refractivity contribution in [3.63, 3.8) is 0 Å². The normalized spacial score (nSPS) is 13.2. The zero-order valence-corrected chi connectivity index (χ0v) is 11.4. The number of aromatic nitrogens is 2. The first-order chi connectivity index (χ1) is 9.33. The molecule has 0 aliphatic rings. The molecule has 1 aromatic rings. The molecule has 5 nitrogen and oxygen atoms in total. The van der Waals surface area contributed by atoms with Crippen LogP contribution < -0.4 is 5.32 Å². The Kier molecular flexibility index (Phi) is 6.00. The highest BCUT2D eigenvalue weighted by atomic mass is 19.4. The first kappa shape index (κ1) is 16.5. The number of alkyl halides is 3. The number of hydrogen-bond donors (Lipinski definition) is 1. The van der Waals surface area contributed by atoms with Crippen molar-refractivity contribution in [2.75, 3.05) is 11.9 Å². The fourth-order valence-electron chi connectivity index (χ4n) is 1.45. The van der Waals surface area contributed by atoms with Gasteiger partial charge in [-0.3, -0.25) is 4.79 Å². The SMILES string of the molecule is CCCCn1nccc1NC(=O)C(C)OCC(F)(F)F. The summed E-state index contributed by atoms with van der Waals surface area (Å²) in [6.07, 6.45) is -2.25. The molecule has 1 unspecified atom stereocenters. The lowest BCUT2D eigenvalue weighted by Crippen LogP contribution is -2.32. The zero-order chi connectivity index (χ0) is 15.2. The van der Waals surface area contributed by atoms with Crippen molar-refractivity contribution >= 4 is 11.7 Å². The molecule has 20 heavy (non-hydrogen) atoms. The Hall–Kier alpha value is -1.57. The van der Waals surface area contributed by atoms with Crippen LogP contribution in [0.5, 0.6) is 0 Å². The van der Waals surface area contributed by atoms with E-state index >= 15 is 0 Å². The molecule has 1 rings (SSSR count). The molecule has 0 saturated heterocycles. The van der Waals surface area contributed by atoms with Gasteiger partial charge in [-0.15, -0.1) is 0 Å². The molecule has 114 valence electrons. The molecule has 1 amide bonds. The maximum absolute atomic E-state index is 12.0. The first-order valence-electron chi connectivity index (χ1n) is 6.34. The number of carbonyl (C=O) groups excluding carboxylic acids is 1. The molecule has 0 aliphatic carbocycles. The number of anilines is 1. The van der Waals surface area contributed by atoms with E-state index in [9.17, 15) is 18.0 Å². The quantitative estimate of drug-likeness (QED) is 0.840. The van der Waals surface area contributed by atoms with Gasteiger partial charge in [-0.2, -0.15) is 18.3 Å². The van der Waals surface area contributed by atoms with E-state index in [-0.39, 0.29) is 0 Å². The number of ether oxygens (including phenoxy) is 1. The molecule has 0 spiro atoms. The number of amides is 1. The van der Waals surface area contributed by atoms with E-state index < -0.39 is 24.8 Å². The molecule has 0 saturated carbocycles. The highest BCUT2D eigenvalue weighted by molar-refractivity contribution is 5.93. The number of nitrogens with zero attached hydrogens (tertiary/aromatic N) is 2. The van der Waals surface area contributed by atoms with E-state index in [0.29, 0.717) is 12.4 Å². The average molecular weight is 293 g/mol. The van der Waals surface area contributed by atoms with Crippen LogP contribution in [0.3, 0.4) is 0 Å². The maximum Gasteiger partial charge on any atom is 0.411 e. The fourth-order valence-corrected chi connectivity index (χ4v) is 1.45. The van der Waals surface area contributed by atoms with E-state index in [0.717, 1.165) is 12.8 Å². The standard InChI is InChI=1S/C12H18F3N3O2/c1-3-4-7-18-10(5-6-16-18)17-11(19)9(2)20-8-12(13,14)15/h5-6,9H,3-4,7-8H2,1-2H3,(H,17,19). The van der Waals surface area contributed by atoms with Gasteiger partial charge >= 0.3 is 6.18 Å². The summed E-state index contributed by atoms with van der Waals surface area (Å²) in [5.74, 6) is -0.182. The summed E-state index contributed by atoms with van der Waals surface area (Å²) in [5.41, 5.74) is 0. The molecular weight excluding hydrogens is 275 g/mol. The molecule has 1 N–H and O–H groups in total. The van der Waals surface area contributed by atoms with Gasteiger partial charge in [0.1, 0.15) is 18.5 Å². The number of carbonyl (C=O) groups is 1. The van der Waals surface area contributed by atoms with E-state index in [1.165, 1.54) is 13.1 Å². The number of unbranched alkanes of at least 4 members (excludes halogenated alkanes) is 1. The lowest BCUT2D eigenvalue weighted by atomic mass is 10.3. The zero-order valence-electron chi connectivity index (χ0n) is 11.4. The molecule has 0 aromatic carbocycles. The fraction of sp³-hybridized carbons (Fsp3) is 0.667. The van der Waals surface area contributed by atoms with Crippen LogP contribution in [0.15, 0.2) is 12.3 Å². The van der Waals surface area contributed by atoms with Crippen molar-refractivity contribution in [1.29, 1.82) is 0 Å². The summed E-state index contributed by atoms with van der Waals surface area (Å²) in [6, 6.07) is 1.59. The summed E-state index contributed by atoms with van der Waals surface area (Å²) in [4.78, 5) is 11.7. The summed E-state index contributed by atoms with van der Waals surface area (Å²) in [7, 11) is 0. The van der Waals surface area contributed by atoms with Gasteiger partial charge in [-0.25, -0.2) is 4.68 Å². The monoisotopic (exact) mass is 293 g/mol. The Labute approximate surface area is 115 Å². The second-order valence-corrected chi connectivity index (χ2v) is 4.35. The van der Waals surface area contributed by atoms with Gasteiger partial charge in [-0.05, 0) is 13.3 Å². The van der Waals surface area contributed by atoms with Gasteiger partial charge in [0, 0.05) is 12.6 Å². The van der Waals surface area contributed by atoms with Gasteiger partial charge in [0.2, 0.25) is 0 Å². The average Bonchev–Trinajstić information content (AvgIpc) is 2.79. The molecule has 8 heteroatoms. The molecule has 0 bridgehead atoms. The van der Waals surface area contributed by atoms with E-state index in [1.54, 1.807) is 10.7 Å². The predicted octanol–water partition coefficient (Wildman–Crippen LogP) is 2.59. The molecular formula is C12H18F3N3O2. The molecule has 0 radical (unpaired) electrons. The molecule has 1 atom stereocenters. The lowest BCUT2D eigenvalue weighted by molar-refractivity contribution is -0.184. The number of nitrogens with one attached hydrogen (secondary N) is 1. The van der Waals surface area contributed by atoms with Gasteiger partial charge in [0.15, 0.2) is 0 Å². The van der Waals surface area contributed by atoms with Crippen LogP contribution in [0.2, 0.25) is 0 Å². The summed E-state index contributed by atoms with van der Waals surface area (Å²) < 4.78 is 42.0. The minimum Gasteiger partial charge on any atom is -0.359 e. The van der Waals surface area contributed by atoms with Gasteiger partial charge in [0.25, 0.3) is 5.91 Å². The Balaban J connectivity index is 2.51. The number of rotatable bonds is 7. The van der Waals surface area contributed by atoms with Crippen LogP contribution in [0.25, 0.3) is 0 Å². The molecule has 0 fully saturated rings. The van der Waals surface area contributed by atoms with Crippen LogP contribution >= 0.6 is 0 Å². The predicted molar refractivity (Wildman–Crippen MR) is 67.2 cm³/mol. The second kappa shape index (κ2) is 7.28. The highest BCUT2D eigenvalue weighted by Crippen LogP contribution is 2.16. The summed E-state index contributed by atoms with van der Waals surface area (Å²) in [5, 5.41) is 6.54. The van der Waals surface area contributed by atoms with Gasteiger partial charge in [-0.1, -0.05) is 13.3 Å².